The normalized spacial score (nSPS) is 10.6. The van der Waals surface area contributed by atoms with E-state index in [9.17, 15) is 4.79 Å². The van der Waals surface area contributed by atoms with Gasteiger partial charge in [-0.05, 0) is 12.1 Å². The Morgan fingerprint density at radius 3 is 2.79 bits per heavy atom. The summed E-state index contributed by atoms with van der Waals surface area (Å²) < 4.78 is 0. The molecule has 1 aromatic rings. The van der Waals surface area contributed by atoms with Crippen molar-refractivity contribution in [3.8, 4) is 0 Å². The van der Waals surface area contributed by atoms with Crippen molar-refractivity contribution in [3.05, 3.63) is 41.0 Å². The molecule has 0 saturated heterocycles. The summed E-state index contributed by atoms with van der Waals surface area (Å²) in [7, 11) is 0. The Kier molecular flexibility index (Phi) is 2.52. The van der Waals surface area contributed by atoms with Gasteiger partial charge in [-0.1, -0.05) is 0 Å². The molecule has 0 aliphatic carbocycles. The highest BCUT2D eigenvalue weighted by Crippen LogP contribution is 2.24. The van der Waals surface area contributed by atoms with E-state index in [0.29, 0.717) is 5.56 Å². The van der Waals surface area contributed by atoms with Crippen LogP contribution in [0.4, 0.5) is 0 Å². The van der Waals surface area contributed by atoms with E-state index < -0.39 is 11.5 Å². The molecule has 0 aliphatic heterocycles. The fourth-order valence-corrected chi connectivity index (χ4v) is 0.993. The van der Waals surface area contributed by atoms with Gasteiger partial charge in [-0.15, -0.1) is 0 Å². The van der Waals surface area contributed by atoms with Gasteiger partial charge in [-0.25, -0.2) is 16.4 Å². The number of rotatable bonds is 2. The molecule has 0 radical (unpaired) electrons. The first kappa shape index (κ1) is 10.2. The number of carbonyl (C=O) groups is 1. The maximum absolute atomic E-state index is 10.6. The highest BCUT2D eigenvalue weighted by Gasteiger charge is 2.26. The summed E-state index contributed by atoms with van der Waals surface area (Å²) in [6, 6.07) is 3.09. The third-order valence-electron chi connectivity index (χ3n) is 1.97. The lowest BCUT2D eigenvalue weighted by Gasteiger charge is -2.11. The highest BCUT2D eigenvalue weighted by atomic mass is 16.4. The van der Waals surface area contributed by atoms with Gasteiger partial charge in [0.1, 0.15) is 5.69 Å². The van der Waals surface area contributed by atoms with Gasteiger partial charge in [-0.2, -0.15) is 0 Å². The van der Waals surface area contributed by atoms with Crippen molar-refractivity contribution in [2.24, 2.45) is 0 Å². The van der Waals surface area contributed by atoms with Crippen LogP contribution >= 0.6 is 0 Å². The predicted octanol–water partition coefficient (Wildman–Crippen LogP) is 1.93. The van der Waals surface area contributed by atoms with Crippen molar-refractivity contribution in [2.45, 2.75) is 19.4 Å². The lowest BCUT2D eigenvalue weighted by Crippen LogP contribution is -2.13. The first-order chi connectivity index (χ1) is 6.47. The Balaban J connectivity index is 3.20. The van der Waals surface area contributed by atoms with Crippen molar-refractivity contribution >= 4 is 5.97 Å². The average molecular weight is 190 g/mol. The summed E-state index contributed by atoms with van der Waals surface area (Å²) in [5.41, 5.74) is -0.0632. The second-order valence-electron chi connectivity index (χ2n) is 3.41. The van der Waals surface area contributed by atoms with E-state index in [1.807, 2.05) is 0 Å². The maximum Gasteiger partial charge on any atom is 0.354 e. The molecule has 1 rings (SSSR count). The number of hydrogen-bond acceptors (Lipinski definition) is 2. The van der Waals surface area contributed by atoms with Crippen molar-refractivity contribution in [1.82, 2.24) is 4.98 Å². The zero-order chi connectivity index (χ0) is 10.8. The van der Waals surface area contributed by atoms with Crippen LogP contribution in [-0.2, 0) is 5.54 Å². The minimum absolute atomic E-state index is 0.0285. The Bertz CT molecular complexity index is 405. The van der Waals surface area contributed by atoms with Crippen molar-refractivity contribution in [2.75, 3.05) is 0 Å². The molecule has 0 fully saturated rings. The minimum Gasteiger partial charge on any atom is -0.477 e. The summed E-state index contributed by atoms with van der Waals surface area (Å²) in [6.07, 6.45) is 1.41. The van der Waals surface area contributed by atoms with Gasteiger partial charge in [0.2, 0.25) is 0 Å². The molecule has 72 valence electrons. The SMILES string of the molecule is [C-]#[N+]C(C)(C)c1ccnc(C(=O)O)c1. The highest BCUT2D eigenvalue weighted by molar-refractivity contribution is 5.85. The van der Waals surface area contributed by atoms with Crippen LogP contribution in [0.1, 0.15) is 29.9 Å². The van der Waals surface area contributed by atoms with Gasteiger partial charge in [0.25, 0.3) is 5.54 Å². The van der Waals surface area contributed by atoms with Crippen LogP contribution in [0.25, 0.3) is 4.85 Å². The Labute approximate surface area is 82.0 Å². The Morgan fingerprint density at radius 1 is 1.64 bits per heavy atom. The molecular weight excluding hydrogens is 180 g/mol. The van der Waals surface area contributed by atoms with E-state index >= 15 is 0 Å². The van der Waals surface area contributed by atoms with E-state index in [1.54, 1.807) is 19.9 Å². The number of carboxylic acid groups (broad SMARTS) is 1. The van der Waals surface area contributed by atoms with Crippen LogP contribution in [0.15, 0.2) is 18.3 Å². The molecule has 0 atom stereocenters. The summed E-state index contributed by atoms with van der Waals surface area (Å²) >= 11 is 0. The Hall–Kier alpha value is -1.89. The van der Waals surface area contributed by atoms with Crippen LogP contribution in [-0.4, -0.2) is 16.1 Å². The molecular formula is C10H10N2O2. The second kappa shape index (κ2) is 3.46. The van der Waals surface area contributed by atoms with E-state index in [2.05, 4.69) is 9.83 Å². The predicted molar refractivity (Wildman–Crippen MR) is 50.8 cm³/mol. The quantitative estimate of drug-likeness (QED) is 0.725. The minimum atomic E-state index is -1.08. The van der Waals surface area contributed by atoms with Gasteiger partial charge in [-0.3, -0.25) is 0 Å². The zero-order valence-electron chi connectivity index (χ0n) is 7.98. The van der Waals surface area contributed by atoms with E-state index in [0.717, 1.165) is 0 Å². The lowest BCUT2D eigenvalue weighted by atomic mass is 9.96. The van der Waals surface area contributed by atoms with E-state index in [-0.39, 0.29) is 5.69 Å². The van der Waals surface area contributed by atoms with E-state index in [4.69, 9.17) is 11.7 Å². The third-order valence-corrected chi connectivity index (χ3v) is 1.97. The van der Waals surface area contributed by atoms with Gasteiger partial charge in [0.15, 0.2) is 0 Å². The fraction of sp³-hybridized carbons (Fsp3) is 0.300. The van der Waals surface area contributed by atoms with E-state index in [1.165, 1.54) is 12.3 Å². The van der Waals surface area contributed by atoms with Gasteiger partial charge in [0, 0.05) is 25.6 Å². The molecule has 1 aromatic heterocycles. The summed E-state index contributed by atoms with van der Waals surface area (Å²) in [6.45, 7) is 10.5. The number of carboxylic acids is 1. The second-order valence-corrected chi connectivity index (χ2v) is 3.41. The number of nitrogens with zero attached hydrogens (tertiary/aromatic N) is 2. The monoisotopic (exact) mass is 190 g/mol. The molecule has 0 spiro atoms. The number of pyridine rings is 1. The summed E-state index contributed by atoms with van der Waals surface area (Å²) in [5, 5.41) is 8.71. The summed E-state index contributed by atoms with van der Waals surface area (Å²) in [5.74, 6) is -1.08. The molecule has 4 nitrogen and oxygen atoms in total. The standard InChI is InChI=1S/C10H10N2O2/c1-10(2,11-3)7-4-5-12-8(6-7)9(13)14/h4-6H,1-2H3,(H,13,14). The number of aromatic carboxylic acids is 1. The first-order valence-electron chi connectivity index (χ1n) is 4.06. The van der Waals surface area contributed by atoms with Crippen molar-refractivity contribution in [1.29, 1.82) is 0 Å². The van der Waals surface area contributed by atoms with Gasteiger partial charge >= 0.3 is 5.97 Å². The largest absolute Gasteiger partial charge is 0.477 e. The molecule has 0 unspecified atom stereocenters. The zero-order valence-corrected chi connectivity index (χ0v) is 7.98. The number of aromatic nitrogens is 1. The number of hydrogen-bond donors (Lipinski definition) is 1. The molecule has 1 N–H and O–H groups in total. The van der Waals surface area contributed by atoms with Crippen LogP contribution in [0, 0.1) is 6.57 Å². The smallest absolute Gasteiger partial charge is 0.354 e. The lowest BCUT2D eigenvalue weighted by molar-refractivity contribution is 0.0690. The first-order valence-corrected chi connectivity index (χ1v) is 4.06. The van der Waals surface area contributed by atoms with Crippen LogP contribution in [0.3, 0.4) is 0 Å². The average Bonchev–Trinajstić information content (AvgIpc) is 2.18. The van der Waals surface area contributed by atoms with Gasteiger partial charge in [0.05, 0.1) is 0 Å². The van der Waals surface area contributed by atoms with Crippen molar-refractivity contribution < 1.29 is 9.90 Å². The third kappa shape index (κ3) is 1.88. The Morgan fingerprint density at radius 2 is 2.29 bits per heavy atom. The van der Waals surface area contributed by atoms with Crippen LogP contribution in [0.2, 0.25) is 0 Å². The molecule has 0 aliphatic rings. The molecule has 1 heterocycles. The maximum atomic E-state index is 10.6. The molecule has 0 amide bonds. The fourth-order valence-electron chi connectivity index (χ4n) is 0.993. The van der Waals surface area contributed by atoms with Crippen molar-refractivity contribution in [3.63, 3.8) is 0 Å². The van der Waals surface area contributed by atoms with Gasteiger partial charge < -0.3 is 9.95 Å². The summed E-state index contributed by atoms with van der Waals surface area (Å²) in [4.78, 5) is 17.7. The molecule has 0 saturated carbocycles. The molecule has 0 bridgehead atoms. The molecule has 4 heteroatoms. The van der Waals surface area contributed by atoms with Crippen LogP contribution < -0.4 is 0 Å². The molecule has 0 aromatic carbocycles. The molecule has 14 heavy (non-hydrogen) atoms. The topological polar surface area (TPSA) is 54.5 Å². The van der Waals surface area contributed by atoms with Crippen LogP contribution in [0.5, 0.6) is 0 Å².